The maximum absolute atomic E-state index is 5.30. The number of nitrogens with one attached hydrogen (secondary N) is 2. The van der Waals surface area contributed by atoms with Gasteiger partial charge in [-0.25, -0.2) is 0 Å². The predicted octanol–water partition coefficient (Wildman–Crippen LogP) is 2.56. The van der Waals surface area contributed by atoms with Crippen LogP contribution in [-0.2, 0) is 0 Å². The van der Waals surface area contributed by atoms with Gasteiger partial charge in [-0.15, -0.1) is 0 Å². The van der Waals surface area contributed by atoms with Crippen molar-refractivity contribution in [3.63, 3.8) is 0 Å². The highest BCUT2D eigenvalue weighted by molar-refractivity contribution is 7.80. The van der Waals surface area contributed by atoms with Crippen LogP contribution in [0.4, 0.5) is 11.8 Å². The molecular formula is C15H25N5OS. The van der Waals surface area contributed by atoms with E-state index in [4.69, 9.17) is 17.0 Å². The molecule has 2 N–H and O–H groups in total. The quantitative estimate of drug-likeness (QED) is 0.826. The van der Waals surface area contributed by atoms with E-state index >= 15 is 0 Å². The maximum Gasteiger partial charge on any atom is 0.234 e. The lowest BCUT2D eigenvalue weighted by atomic mass is 10.2. The molecule has 122 valence electrons. The Morgan fingerprint density at radius 1 is 1.23 bits per heavy atom. The minimum absolute atomic E-state index is 0.260. The molecule has 1 aliphatic rings. The predicted molar refractivity (Wildman–Crippen MR) is 93.8 cm³/mol. The topological polar surface area (TPSA) is 62.3 Å². The van der Waals surface area contributed by atoms with Crippen LogP contribution in [0.1, 0.15) is 39.5 Å². The third-order valence-corrected chi connectivity index (χ3v) is 3.69. The van der Waals surface area contributed by atoms with Gasteiger partial charge >= 0.3 is 0 Å². The van der Waals surface area contributed by atoms with E-state index in [1.165, 1.54) is 25.7 Å². The zero-order valence-electron chi connectivity index (χ0n) is 13.6. The van der Waals surface area contributed by atoms with Gasteiger partial charge in [0.15, 0.2) is 5.11 Å². The molecule has 2 rings (SSSR count). The zero-order chi connectivity index (χ0) is 15.9. The molecule has 0 radical (unpaired) electrons. The average molecular weight is 323 g/mol. The normalized spacial score (nSPS) is 15.4. The molecule has 0 aliphatic carbocycles. The molecule has 1 aromatic rings. The average Bonchev–Trinajstić information content (AvgIpc) is 2.75. The molecule has 0 saturated carbocycles. The van der Waals surface area contributed by atoms with Crippen molar-refractivity contribution in [3.8, 4) is 5.88 Å². The largest absolute Gasteiger partial charge is 0.481 e. The van der Waals surface area contributed by atoms with Gasteiger partial charge in [0.1, 0.15) is 5.82 Å². The minimum Gasteiger partial charge on any atom is -0.481 e. The Bertz CT molecular complexity index is 501. The summed E-state index contributed by atoms with van der Waals surface area (Å²) in [6.45, 7) is 6.11. The first-order valence-electron chi connectivity index (χ1n) is 7.84. The molecule has 2 heterocycles. The Balaban J connectivity index is 2.16. The number of rotatable bonds is 4. The molecule has 0 aromatic carbocycles. The van der Waals surface area contributed by atoms with Crippen LogP contribution in [-0.4, -0.2) is 41.3 Å². The molecule has 22 heavy (non-hydrogen) atoms. The molecule has 1 aliphatic heterocycles. The van der Waals surface area contributed by atoms with E-state index < -0.39 is 0 Å². The summed E-state index contributed by atoms with van der Waals surface area (Å²) in [7, 11) is 1.61. The van der Waals surface area contributed by atoms with Crippen molar-refractivity contribution in [1.29, 1.82) is 0 Å². The van der Waals surface area contributed by atoms with Crippen LogP contribution in [0.3, 0.4) is 0 Å². The van der Waals surface area contributed by atoms with Gasteiger partial charge in [-0.05, 0) is 38.9 Å². The number of aromatic nitrogens is 2. The van der Waals surface area contributed by atoms with Crippen LogP contribution < -0.4 is 20.3 Å². The minimum atomic E-state index is 0.260. The van der Waals surface area contributed by atoms with Crippen LogP contribution in [0, 0.1) is 0 Å². The Morgan fingerprint density at radius 2 is 1.91 bits per heavy atom. The van der Waals surface area contributed by atoms with Gasteiger partial charge in [0.05, 0.1) is 7.11 Å². The Labute approximate surface area is 137 Å². The van der Waals surface area contributed by atoms with Crippen molar-refractivity contribution in [1.82, 2.24) is 15.3 Å². The highest BCUT2D eigenvalue weighted by Crippen LogP contribution is 2.22. The summed E-state index contributed by atoms with van der Waals surface area (Å²) in [5, 5.41) is 6.68. The van der Waals surface area contributed by atoms with Crippen molar-refractivity contribution in [2.75, 3.05) is 30.4 Å². The molecule has 1 saturated heterocycles. The summed E-state index contributed by atoms with van der Waals surface area (Å²) in [5.74, 6) is 1.91. The first-order chi connectivity index (χ1) is 10.6. The second-order valence-electron chi connectivity index (χ2n) is 5.75. The van der Waals surface area contributed by atoms with E-state index in [1.807, 2.05) is 19.9 Å². The second-order valence-corrected chi connectivity index (χ2v) is 6.15. The number of hydrogen-bond acceptors (Lipinski definition) is 5. The van der Waals surface area contributed by atoms with E-state index in [1.54, 1.807) is 7.11 Å². The molecule has 1 aromatic heterocycles. The van der Waals surface area contributed by atoms with E-state index in [0.717, 1.165) is 18.9 Å². The monoisotopic (exact) mass is 323 g/mol. The van der Waals surface area contributed by atoms with Gasteiger partial charge in [0.25, 0.3) is 0 Å². The fourth-order valence-corrected chi connectivity index (χ4v) is 2.76. The van der Waals surface area contributed by atoms with E-state index in [-0.39, 0.29) is 6.04 Å². The van der Waals surface area contributed by atoms with Crippen LogP contribution in [0.5, 0.6) is 5.88 Å². The third kappa shape index (κ3) is 4.98. The molecule has 0 unspecified atom stereocenters. The standard InChI is InChI=1S/C15H25N5OS/c1-11(2)16-15(22)19-14-17-12(10-13(18-14)21-3)20-8-6-4-5-7-9-20/h10-11H,4-9H2,1-3H3,(H2,16,17,18,19,22). The van der Waals surface area contributed by atoms with Gasteiger partial charge in [-0.3, -0.25) is 0 Å². The lowest BCUT2D eigenvalue weighted by Crippen LogP contribution is -2.34. The molecule has 6 nitrogen and oxygen atoms in total. The summed E-state index contributed by atoms with van der Waals surface area (Å²) in [6, 6.07) is 2.14. The molecular weight excluding hydrogens is 298 g/mol. The SMILES string of the molecule is COc1cc(N2CCCCCC2)nc(NC(=S)NC(C)C)n1. The highest BCUT2D eigenvalue weighted by Gasteiger charge is 2.14. The van der Waals surface area contributed by atoms with Gasteiger partial charge in [-0.2, -0.15) is 9.97 Å². The van der Waals surface area contributed by atoms with Gasteiger partial charge < -0.3 is 20.3 Å². The summed E-state index contributed by atoms with van der Waals surface area (Å²) < 4.78 is 5.30. The summed E-state index contributed by atoms with van der Waals surface area (Å²) in [5.41, 5.74) is 0. The van der Waals surface area contributed by atoms with Crippen molar-refractivity contribution in [2.45, 2.75) is 45.6 Å². The Kier molecular flexibility index (Phi) is 6.18. The van der Waals surface area contributed by atoms with Crippen molar-refractivity contribution >= 4 is 29.1 Å². The molecule has 0 amide bonds. The number of thiocarbonyl (C=S) groups is 1. The van der Waals surface area contributed by atoms with Gasteiger partial charge in [0.2, 0.25) is 11.8 Å². The van der Waals surface area contributed by atoms with Crippen LogP contribution >= 0.6 is 12.2 Å². The van der Waals surface area contributed by atoms with E-state index in [2.05, 4.69) is 25.5 Å². The molecule has 7 heteroatoms. The summed E-state index contributed by atoms with van der Waals surface area (Å²) >= 11 is 5.26. The zero-order valence-corrected chi connectivity index (χ0v) is 14.4. The fourth-order valence-electron chi connectivity index (χ4n) is 2.43. The van der Waals surface area contributed by atoms with Crippen molar-refractivity contribution in [2.24, 2.45) is 0 Å². The number of ether oxygens (including phenoxy) is 1. The Morgan fingerprint density at radius 3 is 2.50 bits per heavy atom. The van der Waals surface area contributed by atoms with Crippen LogP contribution in [0.2, 0.25) is 0 Å². The molecule has 1 fully saturated rings. The highest BCUT2D eigenvalue weighted by atomic mass is 32.1. The first-order valence-corrected chi connectivity index (χ1v) is 8.25. The smallest absolute Gasteiger partial charge is 0.234 e. The van der Waals surface area contributed by atoms with Crippen molar-refractivity contribution in [3.05, 3.63) is 6.07 Å². The van der Waals surface area contributed by atoms with Crippen molar-refractivity contribution < 1.29 is 4.74 Å². The molecule has 0 bridgehead atoms. The first kappa shape index (κ1) is 16.7. The van der Waals surface area contributed by atoms with Gasteiger partial charge in [-0.1, -0.05) is 12.8 Å². The summed E-state index contributed by atoms with van der Waals surface area (Å²) in [4.78, 5) is 11.2. The number of nitrogens with zero attached hydrogens (tertiary/aromatic N) is 3. The molecule has 0 atom stereocenters. The van der Waals surface area contributed by atoms with E-state index in [0.29, 0.717) is 16.9 Å². The molecule has 0 spiro atoms. The number of hydrogen-bond donors (Lipinski definition) is 2. The lowest BCUT2D eigenvalue weighted by Gasteiger charge is -2.22. The van der Waals surface area contributed by atoms with Crippen LogP contribution in [0.25, 0.3) is 0 Å². The van der Waals surface area contributed by atoms with Gasteiger partial charge in [0, 0.05) is 25.2 Å². The number of anilines is 2. The Hall–Kier alpha value is -1.63. The number of methoxy groups -OCH3 is 1. The lowest BCUT2D eigenvalue weighted by molar-refractivity contribution is 0.397. The maximum atomic E-state index is 5.30. The fraction of sp³-hybridized carbons (Fsp3) is 0.667. The third-order valence-electron chi connectivity index (χ3n) is 3.47. The second kappa shape index (κ2) is 8.12. The van der Waals surface area contributed by atoms with Crippen LogP contribution in [0.15, 0.2) is 6.07 Å². The van der Waals surface area contributed by atoms with E-state index in [9.17, 15) is 0 Å². The summed E-state index contributed by atoms with van der Waals surface area (Å²) in [6.07, 6.45) is 4.96.